The van der Waals surface area contributed by atoms with Crippen molar-refractivity contribution in [2.75, 3.05) is 0 Å². The molecule has 0 amide bonds. The van der Waals surface area contributed by atoms with E-state index in [0.29, 0.717) is 0 Å². The SMILES string of the molecule is O=C(O)C(F)(F)F.[Y]. The molecule has 1 N–H and O–H groups in total. The van der Waals surface area contributed by atoms with Crippen molar-refractivity contribution in [2.45, 2.75) is 6.18 Å². The summed E-state index contributed by atoms with van der Waals surface area (Å²) in [6.45, 7) is 0. The van der Waals surface area contributed by atoms with Gasteiger partial charge in [0.05, 0.1) is 0 Å². The molecular weight excluding hydrogens is 202 g/mol. The number of aliphatic carboxylic acids is 1. The van der Waals surface area contributed by atoms with E-state index in [1.165, 1.54) is 0 Å². The number of carbonyl (C=O) groups is 1. The molecule has 0 saturated carbocycles. The Morgan fingerprint density at radius 1 is 1.38 bits per heavy atom. The average Bonchev–Trinajstić information content (AvgIpc) is 1.31. The largest absolute Gasteiger partial charge is 0.490 e. The van der Waals surface area contributed by atoms with E-state index < -0.39 is 12.1 Å². The molecule has 0 aromatic carbocycles. The van der Waals surface area contributed by atoms with Crippen LogP contribution < -0.4 is 0 Å². The third-order valence-electron chi connectivity index (χ3n) is 0.243. The van der Waals surface area contributed by atoms with Crippen molar-refractivity contribution >= 4 is 5.97 Å². The predicted octanol–water partition coefficient (Wildman–Crippen LogP) is 0.631. The molecule has 0 aromatic rings. The van der Waals surface area contributed by atoms with E-state index in [1.807, 2.05) is 0 Å². The second-order valence-corrected chi connectivity index (χ2v) is 0.803. The van der Waals surface area contributed by atoms with Crippen LogP contribution in [0.5, 0.6) is 0 Å². The van der Waals surface area contributed by atoms with E-state index in [0.717, 1.165) is 0 Å². The number of hydrogen-bond acceptors (Lipinski definition) is 1. The molecule has 6 heteroatoms. The molecule has 0 aliphatic heterocycles. The van der Waals surface area contributed by atoms with E-state index in [4.69, 9.17) is 9.90 Å². The Balaban J connectivity index is 0. The van der Waals surface area contributed by atoms with Crippen molar-refractivity contribution in [3.63, 3.8) is 0 Å². The number of alkyl halides is 3. The maximum absolute atomic E-state index is 10.6. The van der Waals surface area contributed by atoms with Gasteiger partial charge in [-0.15, -0.1) is 0 Å². The van der Waals surface area contributed by atoms with Crippen LogP contribution in [0.15, 0.2) is 0 Å². The Kier molecular flexibility index (Phi) is 4.76. The van der Waals surface area contributed by atoms with E-state index in [9.17, 15) is 13.2 Å². The molecule has 1 radical (unpaired) electrons. The average molecular weight is 203 g/mol. The quantitative estimate of drug-likeness (QED) is 0.626. The van der Waals surface area contributed by atoms with Gasteiger partial charge in [-0.05, 0) is 0 Å². The minimum absolute atomic E-state index is 0. The van der Waals surface area contributed by atoms with Gasteiger partial charge in [-0.1, -0.05) is 0 Å². The Morgan fingerprint density at radius 2 is 1.50 bits per heavy atom. The smallest absolute Gasteiger partial charge is 0.475 e. The zero-order chi connectivity index (χ0) is 6.08. The maximum atomic E-state index is 10.6. The van der Waals surface area contributed by atoms with Crippen LogP contribution >= 0.6 is 0 Å². The van der Waals surface area contributed by atoms with Gasteiger partial charge in [-0.2, -0.15) is 13.2 Å². The summed E-state index contributed by atoms with van der Waals surface area (Å²) in [5.74, 6) is -2.76. The summed E-state index contributed by atoms with van der Waals surface area (Å²) >= 11 is 0. The second kappa shape index (κ2) is 3.40. The Bertz CT molecular complexity index is 87.8. The monoisotopic (exact) mass is 203 g/mol. The first-order valence-corrected chi connectivity index (χ1v) is 1.24. The van der Waals surface area contributed by atoms with Crippen molar-refractivity contribution in [3.8, 4) is 0 Å². The first-order chi connectivity index (χ1) is 2.94. The van der Waals surface area contributed by atoms with Gasteiger partial charge in [0.2, 0.25) is 0 Å². The van der Waals surface area contributed by atoms with Gasteiger partial charge in [0.25, 0.3) is 0 Å². The van der Waals surface area contributed by atoms with Crippen LogP contribution in [0.1, 0.15) is 0 Å². The van der Waals surface area contributed by atoms with Gasteiger partial charge >= 0.3 is 12.1 Å². The van der Waals surface area contributed by atoms with Crippen molar-refractivity contribution in [2.24, 2.45) is 0 Å². The van der Waals surface area contributed by atoms with E-state index in [-0.39, 0.29) is 32.7 Å². The minimum atomic E-state index is -5.08. The van der Waals surface area contributed by atoms with E-state index >= 15 is 0 Å². The third kappa shape index (κ3) is 4.52. The first kappa shape index (κ1) is 11.2. The normalized spacial score (nSPS) is 9.88. The number of hydrogen-bond donors (Lipinski definition) is 1. The number of rotatable bonds is 0. The molecule has 45 valence electrons. The molecule has 0 rings (SSSR count). The fourth-order valence-corrected chi connectivity index (χ4v) is 0. The molecular formula is C2HF3O2Y. The van der Waals surface area contributed by atoms with Gasteiger partial charge in [-0.3, -0.25) is 0 Å². The Morgan fingerprint density at radius 3 is 1.50 bits per heavy atom. The Hall–Kier alpha value is 0.364. The summed E-state index contributed by atoms with van der Waals surface area (Å²) in [4.78, 5) is 8.90. The molecule has 8 heavy (non-hydrogen) atoms. The number of carboxylic acid groups (broad SMARTS) is 1. The summed E-state index contributed by atoms with van der Waals surface area (Å²) in [6.07, 6.45) is -5.08. The van der Waals surface area contributed by atoms with Crippen molar-refractivity contribution in [1.29, 1.82) is 0 Å². The standard InChI is InChI=1S/C2HF3O2.Y/c3-2(4,5)1(6)7;/h(H,6,7);. The van der Waals surface area contributed by atoms with E-state index in [2.05, 4.69) is 0 Å². The molecule has 0 atom stereocenters. The van der Waals surface area contributed by atoms with Crippen molar-refractivity contribution in [1.82, 2.24) is 0 Å². The zero-order valence-electron chi connectivity index (χ0n) is 3.57. The van der Waals surface area contributed by atoms with Crippen LogP contribution in [0.3, 0.4) is 0 Å². The van der Waals surface area contributed by atoms with Gasteiger partial charge in [0, 0.05) is 32.7 Å². The first-order valence-electron chi connectivity index (χ1n) is 1.24. The van der Waals surface area contributed by atoms with Crippen molar-refractivity contribution < 1.29 is 55.8 Å². The predicted molar refractivity (Wildman–Crippen MR) is 13.7 cm³/mol. The molecule has 0 bridgehead atoms. The summed E-state index contributed by atoms with van der Waals surface area (Å²) in [7, 11) is 0. The zero-order valence-corrected chi connectivity index (χ0v) is 6.41. The molecule has 0 fully saturated rings. The van der Waals surface area contributed by atoms with Crippen molar-refractivity contribution in [3.05, 3.63) is 0 Å². The minimum Gasteiger partial charge on any atom is -0.475 e. The summed E-state index contributed by atoms with van der Waals surface area (Å²) in [6, 6.07) is 0. The fourth-order valence-electron chi connectivity index (χ4n) is 0. The van der Waals surface area contributed by atoms with Crippen LogP contribution in [0.4, 0.5) is 13.2 Å². The van der Waals surface area contributed by atoms with Crippen LogP contribution in [-0.4, -0.2) is 17.3 Å². The van der Waals surface area contributed by atoms with Gasteiger partial charge in [-0.25, -0.2) is 4.79 Å². The molecule has 0 aromatic heterocycles. The van der Waals surface area contributed by atoms with Gasteiger partial charge in [0.1, 0.15) is 0 Å². The van der Waals surface area contributed by atoms with E-state index in [1.54, 1.807) is 0 Å². The number of carboxylic acids is 1. The summed E-state index contributed by atoms with van der Waals surface area (Å²) < 4.78 is 31.7. The molecule has 0 saturated heterocycles. The molecule has 0 unspecified atom stereocenters. The molecule has 0 aliphatic carbocycles. The number of halogens is 3. The molecule has 0 aliphatic rings. The van der Waals surface area contributed by atoms with Crippen LogP contribution in [0, 0.1) is 0 Å². The second-order valence-electron chi connectivity index (χ2n) is 0.803. The van der Waals surface area contributed by atoms with Crippen LogP contribution in [-0.2, 0) is 37.5 Å². The summed E-state index contributed by atoms with van der Waals surface area (Å²) in [5.41, 5.74) is 0. The molecule has 2 nitrogen and oxygen atoms in total. The molecule has 0 spiro atoms. The maximum Gasteiger partial charge on any atom is 0.490 e. The third-order valence-corrected chi connectivity index (χ3v) is 0.243. The topological polar surface area (TPSA) is 37.3 Å². The molecule has 0 heterocycles. The summed E-state index contributed by atoms with van der Waals surface area (Å²) in [5, 5.41) is 7.12. The van der Waals surface area contributed by atoms with Gasteiger partial charge < -0.3 is 5.11 Å². The fraction of sp³-hybridized carbons (Fsp3) is 0.500. The Labute approximate surface area is 67.9 Å². The van der Waals surface area contributed by atoms with Crippen LogP contribution in [0.2, 0.25) is 0 Å². The van der Waals surface area contributed by atoms with Gasteiger partial charge in [0.15, 0.2) is 0 Å². The van der Waals surface area contributed by atoms with Crippen LogP contribution in [0.25, 0.3) is 0 Å².